The third-order valence-electron chi connectivity index (χ3n) is 6.93. The number of benzene rings is 1. The highest BCUT2D eigenvalue weighted by molar-refractivity contribution is 7.53. The Balaban J connectivity index is 1.64. The SMILES string of the molecule is CCOP1(=O)Cc2ccc(c(OC)c2)Nc2ncc(C(F)(F)F)c(n2)Nc2ccc(nc2C(=O)NC)-c2cnn(c2)CC[C@@H](C)O1. The van der Waals surface area contributed by atoms with E-state index in [1.807, 2.05) is 0 Å². The molecule has 46 heavy (non-hydrogen) atoms. The van der Waals surface area contributed by atoms with Crippen LogP contribution in [0.15, 0.2) is 48.9 Å². The molecule has 0 radical (unpaired) electrons. The minimum Gasteiger partial charge on any atom is -0.495 e. The molecule has 0 aliphatic carbocycles. The molecular weight excluding hydrogens is 628 g/mol. The molecule has 4 aliphatic rings. The molecule has 8 bridgehead atoms. The van der Waals surface area contributed by atoms with E-state index in [1.54, 1.807) is 55.2 Å². The summed E-state index contributed by atoms with van der Waals surface area (Å²) < 4.78 is 74.7. The molecule has 1 aromatic carbocycles. The Morgan fingerprint density at radius 2 is 1.96 bits per heavy atom. The van der Waals surface area contributed by atoms with Gasteiger partial charge in [-0.3, -0.25) is 14.0 Å². The lowest BCUT2D eigenvalue weighted by molar-refractivity contribution is -0.137. The Bertz CT molecular complexity index is 1780. The first kappa shape index (κ1) is 32.9. The summed E-state index contributed by atoms with van der Waals surface area (Å²) in [6, 6.07) is 7.86. The zero-order valence-corrected chi connectivity index (χ0v) is 26.3. The summed E-state index contributed by atoms with van der Waals surface area (Å²) in [5, 5.41) is 12.3. The number of alkyl halides is 3. The Morgan fingerprint density at radius 1 is 1.17 bits per heavy atom. The predicted octanol–water partition coefficient (Wildman–Crippen LogP) is 6.15. The average molecular weight is 661 g/mol. The van der Waals surface area contributed by atoms with Crippen molar-refractivity contribution in [3.05, 3.63) is 65.7 Å². The largest absolute Gasteiger partial charge is 0.495 e. The molecule has 4 aliphatic heterocycles. The average Bonchev–Trinajstić information content (AvgIpc) is 3.49. The first-order valence-electron chi connectivity index (χ1n) is 14.2. The Morgan fingerprint density at radius 3 is 2.67 bits per heavy atom. The quantitative estimate of drug-likeness (QED) is 0.216. The highest BCUT2D eigenvalue weighted by atomic mass is 31.2. The normalized spacial score (nSPS) is 18.5. The van der Waals surface area contributed by atoms with Crippen LogP contribution >= 0.6 is 7.60 Å². The van der Waals surface area contributed by atoms with Gasteiger partial charge in [0.05, 0.1) is 49.2 Å². The molecule has 1 amide bonds. The highest BCUT2D eigenvalue weighted by Crippen LogP contribution is 2.53. The van der Waals surface area contributed by atoms with Crippen molar-refractivity contribution in [3.63, 3.8) is 0 Å². The molecule has 7 heterocycles. The van der Waals surface area contributed by atoms with Gasteiger partial charge in [-0.25, -0.2) is 9.97 Å². The Hall–Kier alpha value is -4.53. The summed E-state index contributed by atoms with van der Waals surface area (Å²) in [4.78, 5) is 25.3. The van der Waals surface area contributed by atoms with Gasteiger partial charge < -0.3 is 29.7 Å². The molecule has 13 nitrogen and oxygen atoms in total. The highest BCUT2D eigenvalue weighted by Gasteiger charge is 2.36. The van der Waals surface area contributed by atoms with Gasteiger partial charge in [-0.15, -0.1) is 0 Å². The van der Waals surface area contributed by atoms with E-state index in [0.717, 1.165) is 0 Å². The van der Waals surface area contributed by atoms with Crippen molar-refractivity contribution in [2.24, 2.45) is 0 Å². The molecule has 244 valence electrons. The van der Waals surface area contributed by atoms with E-state index in [0.29, 0.717) is 41.7 Å². The Kier molecular flexibility index (Phi) is 9.60. The van der Waals surface area contributed by atoms with Crippen LogP contribution in [0.25, 0.3) is 11.3 Å². The van der Waals surface area contributed by atoms with E-state index in [2.05, 4.69) is 36.0 Å². The van der Waals surface area contributed by atoms with Crippen molar-refractivity contribution in [1.29, 1.82) is 0 Å². The zero-order chi connectivity index (χ0) is 33.1. The van der Waals surface area contributed by atoms with Crippen molar-refractivity contribution in [3.8, 4) is 17.0 Å². The number of pyridine rings is 1. The number of nitrogens with one attached hydrogen (secondary N) is 3. The van der Waals surface area contributed by atoms with Crippen LogP contribution in [-0.4, -0.2) is 57.5 Å². The van der Waals surface area contributed by atoms with E-state index in [9.17, 15) is 22.5 Å². The lowest BCUT2D eigenvalue weighted by Crippen LogP contribution is -2.21. The van der Waals surface area contributed by atoms with Gasteiger partial charge in [0, 0.05) is 31.5 Å². The number of rotatable bonds is 4. The Labute approximate surface area is 262 Å². The van der Waals surface area contributed by atoms with E-state index < -0.39 is 37.2 Å². The van der Waals surface area contributed by atoms with Gasteiger partial charge >= 0.3 is 13.8 Å². The summed E-state index contributed by atoms with van der Waals surface area (Å²) in [6.45, 7) is 4.08. The van der Waals surface area contributed by atoms with Crippen molar-refractivity contribution < 1.29 is 36.3 Å². The van der Waals surface area contributed by atoms with Gasteiger partial charge in [-0.2, -0.15) is 23.3 Å². The summed E-state index contributed by atoms with van der Waals surface area (Å²) in [7, 11) is -0.813. The number of anilines is 4. The molecule has 0 saturated heterocycles. The van der Waals surface area contributed by atoms with E-state index in [1.165, 1.54) is 20.2 Å². The standard InChI is InChI=1S/C29H32F3N8O5P/c1-5-44-46(42)16-18-6-7-22(24(12-18)43-4)38-28-34-14-20(29(30,31)32)26(39-28)37-23-9-8-21(36-25(23)27(41)33-3)19-13-35-40(15-19)11-10-17(2)45-46/h6-9,12-15,17H,5,10-11,16H2,1-4H3,(H,33,41)(H2,34,37,38,39)/t17-,46?/m1/s1. The molecule has 17 heteroatoms. The molecule has 1 unspecified atom stereocenters. The number of methoxy groups -OCH3 is 1. The van der Waals surface area contributed by atoms with Crippen molar-refractivity contribution >= 4 is 36.6 Å². The predicted molar refractivity (Wildman–Crippen MR) is 164 cm³/mol. The first-order valence-corrected chi connectivity index (χ1v) is 16.0. The van der Waals surface area contributed by atoms with Crippen LogP contribution in [0.1, 0.15) is 41.9 Å². The van der Waals surface area contributed by atoms with Crippen LogP contribution in [0.5, 0.6) is 5.75 Å². The van der Waals surface area contributed by atoms with E-state index in [4.69, 9.17) is 13.8 Å². The molecule has 3 aromatic heterocycles. The number of hydrogen-bond acceptors (Lipinski definition) is 11. The summed E-state index contributed by atoms with van der Waals surface area (Å²) in [6.07, 6.45) is -0.993. The zero-order valence-electron chi connectivity index (χ0n) is 25.4. The summed E-state index contributed by atoms with van der Waals surface area (Å²) in [5.41, 5.74) is 0.492. The number of hydrogen-bond donors (Lipinski definition) is 3. The smallest absolute Gasteiger partial charge is 0.421 e. The van der Waals surface area contributed by atoms with Gasteiger partial charge in [-0.05, 0) is 50.1 Å². The fraction of sp³-hybridized carbons (Fsp3) is 0.345. The third-order valence-corrected chi connectivity index (χ3v) is 9.02. The lowest BCUT2D eigenvalue weighted by atomic mass is 10.1. The maximum Gasteiger partial charge on any atom is 0.421 e. The number of carbonyl (C=O) groups is 1. The second-order valence-corrected chi connectivity index (χ2v) is 12.3. The number of amides is 1. The summed E-state index contributed by atoms with van der Waals surface area (Å²) >= 11 is 0. The minimum absolute atomic E-state index is 0.0144. The van der Waals surface area contributed by atoms with Crippen LogP contribution in [0.2, 0.25) is 0 Å². The second kappa shape index (κ2) is 13.4. The van der Waals surface area contributed by atoms with Gasteiger partial charge in [0.2, 0.25) is 5.95 Å². The van der Waals surface area contributed by atoms with E-state index in [-0.39, 0.29) is 35.8 Å². The molecule has 0 spiro atoms. The van der Waals surface area contributed by atoms with Crippen LogP contribution in [-0.2, 0) is 32.5 Å². The molecule has 3 N–H and O–H groups in total. The topological polar surface area (TPSA) is 154 Å². The molecule has 4 aromatic rings. The summed E-state index contributed by atoms with van der Waals surface area (Å²) in [5.74, 6) is -1.16. The van der Waals surface area contributed by atoms with E-state index >= 15 is 0 Å². The molecule has 8 rings (SSSR count). The number of aromatic nitrogens is 5. The fourth-order valence-corrected chi connectivity index (χ4v) is 6.65. The number of halogens is 3. The van der Waals surface area contributed by atoms with Crippen LogP contribution < -0.4 is 20.7 Å². The molecule has 2 atom stereocenters. The molecule has 0 saturated carbocycles. The minimum atomic E-state index is -4.83. The molecule has 0 fully saturated rings. The number of aryl methyl sites for hydroxylation is 1. The van der Waals surface area contributed by atoms with Crippen molar-refractivity contribution in [1.82, 2.24) is 30.0 Å². The lowest BCUT2D eigenvalue weighted by Gasteiger charge is -2.23. The van der Waals surface area contributed by atoms with Gasteiger partial charge in [0.1, 0.15) is 17.1 Å². The molecular formula is C29H32F3N8O5P. The maximum atomic E-state index is 14.1. The number of nitrogens with zero attached hydrogens (tertiary/aromatic N) is 5. The number of carbonyl (C=O) groups excluding carboxylic acids is 1. The van der Waals surface area contributed by atoms with Gasteiger partial charge in [-0.1, -0.05) is 6.07 Å². The monoisotopic (exact) mass is 660 g/mol. The third kappa shape index (κ3) is 7.46. The second-order valence-electron chi connectivity index (χ2n) is 10.3. The van der Waals surface area contributed by atoms with Crippen LogP contribution in [0, 0.1) is 0 Å². The van der Waals surface area contributed by atoms with Crippen LogP contribution in [0.4, 0.5) is 36.3 Å². The van der Waals surface area contributed by atoms with Crippen molar-refractivity contribution in [2.75, 3.05) is 31.4 Å². The first-order chi connectivity index (χ1) is 21.9. The van der Waals surface area contributed by atoms with Gasteiger partial charge in [0.25, 0.3) is 5.91 Å². The fourth-order valence-electron chi connectivity index (χ4n) is 4.74. The number of ether oxygens (including phenoxy) is 1. The van der Waals surface area contributed by atoms with Crippen LogP contribution in [0.3, 0.4) is 0 Å². The van der Waals surface area contributed by atoms with Crippen molar-refractivity contribution in [2.45, 2.75) is 45.3 Å². The maximum absolute atomic E-state index is 14.1. The van der Waals surface area contributed by atoms with Gasteiger partial charge in [0.15, 0.2) is 5.69 Å².